The van der Waals surface area contributed by atoms with E-state index in [4.69, 9.17) is 26.3 Å². The van der Waals surface area contributed by atoms with Crippen LogP contribution in [0.25, 0.3) is 0 Å². The maximum absolute atomic E-state index is 12.6. The van der Waals surface area contributed by atoms with Crippen molar-refractivity contribution in [3.63, 3.8) is 0 Å². The Bertz CT molecular complexity index is 929. The van der Waals surface area contributed by atoms with Crippen molar-refractivity contribution in [2.75, 3.05) is 20.1 Å². The van der Waals surface area contributed by atoms with Gasteiger partial charge in [0.15, 0.2) is 0 Å². The van der Waals surface area contributed by atoms with Gasteiger partial charge in [-0.25, -0.2) is 4.39 Å². The first-order valence-corrected chi connectivity index (χ1v) is 14.7. The second kappa shape index (κ2) is 26.3. The fourth-order valence-corrected chi connectivity index (χ4v) is 3.36. The largest absolute Gasteiger partial charge is 0.393 e. The Morgan fingerprint density at radius 1 is 1.02 bits per heavy atom. The lowest BCUT2D eigenvalue weighted by Gasteiger charge is -2.25. The maximum atomic E-state index is 12.6. The van der Waals surface area contributed by atoms with Gasteiger partial charge < -0.3 is 24.9 Å². The van der Waals surface area contributed by atoms with Crippen LogP contribution < -0.4 is 5.32 Å². The number of rotatable bonds is 3. The number of hydrogen-bond acceptors (Lipinski definition) is 5. The van der Waals surface area contributed by atoms with Gasteiger partial charge >= 0.3 is 0 Å². The summed E-state index contributed by atoms with van der Waals surface area (Å²) in [5, 5.41) is 12.5. The molecule has 6 nitrogen and oxygen atoms in total. The fraction of sp³-hybridized carbons (Fsp3) is 0.545. The van der Waals surface area contributed by atoms with E-state index in [2.05, 4.69) is 24.2 Å². The highest BCUT2D eigenvalue weighted by atomic mass is 35.5. The Kier molecular flexibility index (Phi) is 26.0. The van der Waals surface area contributed by atoms with Gasteiger partial charge in [-0.1, -0.05) is 69.0 Å². The standard InChI is InChI=1S/C10H12ClNO.C8H9F.C6H13NO.C5H10.2C2H4O/c1-2-10(13)12-7-8-3-5-9(11)6-4-8;1-6-3-4-7(2)8(9)5-6;1-7-4-2-6(8)3-5-7;1-5-3-2-4-5;2*1-2-3/h3-6H,2,7H2,1H3,(H,12,13);3-5H,1-2H3;6,8H,2-5H2,1H3;5H,2-4H2,1H3;2*2H,1H3. The molecule has 0 unspecified atom stereocenters. The van der Waals surface area contributed by atoms with E-state index >= 15 is 0 Å². The molecule has 0 bridgehead atoms. The molecule has 0 spiro atoms. The van der Waals surface area contributed by atoms with Crippen molar-refractivity contribution in [2.24, 2.45) is 5.92 Å². The molecule has 232 valence electrons. The number of aryl methyl sites for hydroxylation is 2. The normalized spacial score (nSPS) is 14.1. The third-order valence-corrected chi connectivity index (χ3v) is 6.39. The number of benzene rings is 2. The highest BCUT2D eigenvalue weighted by Gasteiger charge is 2.12. The molecule has 4 rings (SSSR count). The molecule has 1 heterocycles. The molecule has 0 radical (unpaired) electrons. The second-order valence-corrected chi connectivity index (χ2v) is 10.5. The smallest absolute Gasteiger partial charge is 0.219 e. The summed E-state index contributed by atoms with van der Waals surface area (Å²) in [6.07, 6.45) is 8.37. The summed E-state index contributed by atoms with van der Waals surface area (Å²) in [7, 11) is 2.09. The van der Waals surface area contributed by atoms with Crippen molar-refractivity contribution >= 4 is 30.1 Å². The lowest BCUT2D eigenvalue weighted by atomic mass is 9.88. The summed E-state index contributed by atoms with van der Waals surface area (Å²) in [6.45, 7) is 13.4. The second-order valence-electron chi connectivity index (χ2n) is 10.1. The van der Waals surface area contributed by atoms with Crippen LogP contribution in [-0.2, 0) is 20.9 Å². The van der Waals surface area contributed by atoms with Gasteiger partial charge in [0.25, 0.3) is 0 Å². The first kappa shape index (κ1) is 40.5. The molecular weight excluding hydrogens is 543 g/mol. The van der Waals surface area contributed by atoms with E-state index in [9.17, 15) is 9.18 Å². The molecule has 2 aromatic carbocycles. The Hall–Kier alpha value is -2.61. The molecular formula is C33H52ClFN2O4. The van der Waals surface area contributed by atoms with Crippen LogP contribution in [0, 0.1) is 25.6 Å². The number of aliphatic hydroxyl groups is 1. The Balaban J connectivity index is 0. The molecule has 8 heteroatoms. The number of nitrogens with one attached hydrogen (secondary N) is 1. The van der Waals surface area contributed by atoms with Crippen LogP contribution in [0.3, 0.4) is 0 Å². The lowest BCUT2D eigenvalue weighted by Crippen LogP contribution is -2.32. The lowest BCUT2D eigenvalue weighted by molar-refractivity contribution is -0.121. The third kappa shape index (κ3) is 24.9. The van der Waals surface area contributed by atoms with E-state index in [0.717, 1.165) is 55.5 Å². The SMILES string of the molecule is CC1CCC1.CC=O.CC=O.CCC(=O)NCc1ccc(Cl)cc1.CN1CCC(O)CC1.Cc1ccc(C)c(F)c1. The molecule has 1 aliphatic carbocycles. The minimum atomic E-state index is -0.116. The molecule has 0 atom stereocenters. The minimum absolute atomic E-state index is 0.0220. The van der Waals surface area contributed by atoms with Crippen molar-refractivity contribution in [1.29, 1.82) is 0 Å². The van der Waals surface area contributed by atoms with Gasteiger partial charge in [-0.2, -0.15) is 0 Å². The number of carbonyl (C=O) groups excluding carboxylic acids is 3. The average Bonchev–Trinajstić information content (AvgIpc) is 2.93. The van der Waals surface area contributed by atoms with Gasteiger partial charge in [0.2, 0.25) is 5.91 Å². The van der Waals surface area contributed by atoms with Crippen LogP contribution in [0.5, 0.6) is 0 Å². The molecule has 1 aliphatic heterocycles. The van der Waals surface area contributed by atoms with Gasteiger partial charge in [0, 0.05) is 31.1 Å². The molecule has 2 N–H and O–H groups in total. The third-order valence-electron chi connectivity index (χ3n) is 6.13. The number of hydrogen-bond donors (Lipinski definition) is 2. The minimum Gasteiger partial charge on any atom is -0.393 e. The van der Waals surface area contributed by atoms with Crippen LogP contribution in [0.2, 0.25) is 5.02 Å². The van der Waals surface area contributed by atoms with E-state index in [0.29, 0.717) is 23.6 Å². The van der Waals surface area contributed by atoms with E-state index < -0.39 is 0 Å². The van der Waals surface area contributed by atoms with Crippen molar-refractivity contribution in [3.05, 3.63) is 70.0 Å². The summed E-state index contributed by atoms with van der Waals surface area (Å²) < 4.78 is 12.6. The Labute approximate surface area is 252 Å². The number of aldehydes is 2. The zero-order valence-electron chi connectivity index (χ0n) is 26.1. The number of likely N-dealkylation sites (tertiary alicyclic amines) is 1. The zero-order valence-corrected chi connectivity index (χ0v) is 26.8. The number of piperidine rings is 1. The average molecular weight is 595 g/mol. The Morgan fingerprint density at radius 3 is 1.85 bits per heavy atom. The predicted molar refractivity (Wildman–Crippen MR) is 169 cm³/mol. The van der Waals surface area contributed by atoms with Gasteiger partial charge in [0.1, 0.15) is 18.4 Å². The number of nitrogens with zero attached hydrogens (tertiary/aromatic N) is 1. The van der Waals surface area contributed by atoms with Crippen LogP contribution in [0.1, 0.15) is 82.9 Å². The van der Waals surface area contributed by atoms with Crippen LogP contribution in [-0.4, -0.2) is 54.7 Å². The van der Waals surface area contributed by atoms with Crippen molar-refractivity contribution in [2.45, 2.75) is 92.7 Å². The Morgan fingerprint density at radius 2 is 1.51 bits per heavy atom. The van der Waals surface area contributed by atoms with Gasteiger partial charge in [0.05, 0.1) is 6.10 Å². The van der Waals surface area contributed by atoms with Crippen LogP contribution in [0.4, 0.5) is 4.39 Å². The summed E-state index contributed by atoms with van der Waals surface area (Å²) >= 11 is 5.71. The van der Waals surface area contributed by atoms with E-state index in [1.54, 1.807) is 13.0 Å². The van der Waals surface area contributed by atoms with Crippen molar-refractivity contribution in [1.82, 2.24) is 10.2 Å². The summed E-state index contributed by atoms with van der Waals surface area (Å²) in [5.74, 6) is 1.01. The van der Waals surface area contributed by atoms with Gasteiger partial charge in [-0.15, -0.1) is 0 Å². The maximum Gasteiger partial charge on any atom is 0.219 e. The number of aliphatic hydroxyl groups excluding tert-OH is 1. The monoisotopic (exact) mass is 594 g/mol. The first-order chi connectivity index (χ1) is 19.4. The van der Waals surface area contributed by atoms with Gasteiger partial charge in [-0.05, 0) is 88.4 Å². The summed E-state index contributed by atoms with van der Waals surface area (Å²) in [5.41, 5.74) is 2.74. The molecule has 1 saturated heterocycles. The number of amides is 1. The van der Waals surface area contributed by atoms with Crippen molar-refractivity contribution in [3.8, 4) is 0 Å². The molecule has 1 saturated carbocycles. The number of halogens is 2. The van der Waals surface area contributed by atoms with Crippen molar-refractivity contribution < 1.29 is 23.9 Å². The van der Waals surface area contributed by atoms with Crippen LogP contribution >= 0.6 is 11.6 Å². The first-order valence-electron chi connectivity index (χ1n) is 14.3. The van der Waals surface area contributed by atoms with E-state index in [1.165, 1.54) is 39.2 Å². The molecule has 2 aliphatic rings. The molecule has 2 fully saturated rings. The quantitative estimate of drug-likeness (QED) is 0.370. The van der Waals surface area contributed by atoms with Gasteiger partial charge in [-0.3, -0.25) is 4.79 Å². The topological polar surface area (TPSA) is 86.7 Å². The highest BCUT2D eigenvalue weighted by molar-refractivity contribution is 6.30. The molecule has 2 aromatic rings. The van der Waals surface area contributed by atoms with Crippen LogP contribution in [0.15, 0.2) is 42.5 Å². The van der Waals surface area contributed by atoms with E-state index in [-0.39, 0.29) is 17.8 Å². The fourth-order valence-electron chi connectivity index (χ4n) is 3.23. The summed E-state index contributed by atoms with van der Waals surface area (Å²) in [4.78, 5) is 30.8. The molecule has 1 amide bonds. The highest BCUT2D eigenvalue weighted by Crippen LogP contribution is 2.24. The molecule has 41 heavy (non-hydrogen) atoms. The number of carbonyl (C=O) groups is 3. The predicted octanol–water partition coefficient (Wildman–Crippen LogP) is 7.10. The van der Waals surface area contributed by atoms with E-state index in [1.807, 2.05) is 44.2 Å². The molecule has 0 aromatic heterocycles. The zero-order chi connectivity index (χ0) is 31.6. The summed E-state index contributed by atoms with van der Waals surface area (Å²) in [6, 6.07) is 12.7.